The van der Waals surface area contributed by atoms with Gasteiger partial charge in [-0.25, -0.2) is 13.9 Å². The minimum Gasteiger partial charge on any atom is -0.422 e. The van der Waals surface area contributed by atoms with Crippen LogP contribution in [0.3, 0.4) is 0 Å². The predicted molar refractivity (Wildman–Crippen MR) is 116 cm³/mol. The van der Waals surface area contributed by atoms with Crippen LogP contribution in [0.5, 0.6) is 0 Å². The summed E-state index contributed by atoms with van der Waals surface area (Å²) >= 11 is 0. The molecule has 8 nitrogen and oxygen atoms in total. The Hall–Kier alpha value is -4.45. The summed E-state index contributed by atoms with van der Waals surface area (Å²) in [6.07, 6.45) is 0.826. The van der Waals surface area contributed by atoms with Crippen LogP contribution in [-0.4, -0.2) is 22.2 Å². The molecule has 0 aliphatic carbocycles. The highest BCUT2D eigenvalue weighted by atomic mass is 19.1. The quantitative estimate of drug-likeness (QED) is 0.357. The largest absolute Gasteiger partial charge is 0.422 e. The molecule has 1 amide bonds. The second kappa shape index (κ2) is 8.73. The van der Waals surface area contributed by atoms with Crippen LogP contribution < -0.4 is 16.7 Å². The molecule has 0 saturated heterocycles. The summed E-state index contributed by atoms with van der Waals surface area (Å²) in [5.74, 6) is -0.773. The van der Waals surface area contributed by atoms with E-state index in [0.29, 0.717) is 35.2 Å². The van der Waals surface area contributed by atoms with Gasteiger partial charge in [0, 0.05) is 11.9 Å². The zero-order valence-electron chi connectivity index (χ0n) is 16.8. The Bertz CT molecular complexity index is 1400. The summed E-state index contributed by atoms with van der Waals surface area (Å²) in [5, 5.41) is 17.2. The lowest BCUT2D eigenvalue weighted by Crippen LogP contribution is -2.29. The molecule has 0 fully saturated rings. The normalized spacial score (nSPS) is 10.8. The van der Waals surface area contributed by atoms with Crippen molar-refractivity contribution in [2.75, 3.05) is 12.3 Å². The van der Waals surface area contributed by atoms with Crippen molar-refractivity contribution in [3.05, 3.63) is 87.7 Å². The van der Waals surface area contributed by atoms with Crippen molar-refractivity contribution >= 4 is 22.7 Å². The number of hydrogen-bond donors (Lipinski definition) is 2. The topological polar surface area (TPSA) is 127 Å². The number of rotatable bonds is 6. The van der Waals surface area contributed by atoms with Gasteiger partial charge in [0.15, 0.2) is 0 Å². The number of hydrogen-bond acceptors (Lipinski definition) is 6. The highest BCUT2D eigenvalue weighted by Crippen LogP contribution is 2.21. The number of nitrogen functional groups attached to an aromatic ring is 1. The number of aromatic nitrogens is 2. The molecular formula is C23H18FN5O3. The number of nitriles is 1. The molecule has 2 aromatic heterocycles. The molecule has 0 aliphatic rings. The Morgan fingerprint density at radius 1 is 1.22 bits per heavy atom. The molecule has 0 bridgehead atoms. The smallest absolute Gasteiger partial charge is 0.349 e. The molecule has 0 unspecified atom stereocenters. The number of carbonyl (C=O) groups excluding carboxylic acids is 1. The van der Waals surface area contributed by atoms with Crippen LogP contribution >= 0.6 is 0 Å². The van der Waals surface area contributed by atoms with Crippen molar-refractivity contribution < 1.29 is 13.6 Å². The second-order valence-corrected chi connectivity index (χ2v) is 7.05. The summed E-state index contributed by atoms with van der Waals surface area (Å²) in [6, 6.07) is 16.1. The predicted octanol–water partition coefficient (Wildman–Crippen LogP) is 2.93. The van der Waals surface area contributed by atoms with Crippen molar-refractivity contribution in [2.24, 2.45) is 0 Å². The summed E-state index contributed by atoms with van der Waals surface area (Å²) in [7, 11) is 0. The molecule has 32 heavy (non-hydrogen) atoms. The fourth-order valence-corrected chi connectivity index (χ4v) is 3.33. The molecule has 2 aromatic carbocycles. The number of nitrogens with one attached hydrogen (secondary N) is 1. The number of nitrogens with zero attached hydrogens (tertiary/aromatic N) is 3. The molecule has 0 radical (unpaired) electrons. The van der Waals surface area contributed by atoms with Gasteiger partial charge in [-0.05, 0) is 49.2 Å². The number of fused-ring (bicyclic) bond motifs is 1. The van der Waals surface area contributed by atoms with Gasteiger partial charge in [-0.2, -0.15) is 10.4 Å². The maximum Gasteiger partial charge on any atom is 0.349 e. The monoisotopic (exact) mass is 431 g/mol. The van der Waals surface area contributed by atoms with E-state index in [1.807, 2.05) is 6.07 Å². The fraction of sp³-hybridized carbons (Fsp3) is 0.130. The van der Waals surface area contributed by atoms with E-state index in [0.717, 1.165) is 0 Å². The van der Waals surface area contributed by atoms with Crippen LogP contribution in [0.2, 0.25) is 0 Å². The van der Waals surface area contributed by atoms with Gasteiger partial charge in [0.25, 0.3) is 5.91 Å². The molecule has 0 atom stereocenters. The third-order valence-corrected chi connectivity index (χ3v) is 4.94. The number of aryl methyl sites for hydroxylation is 1. The van der Waals surface area contributed by atoms with E-state index < -0.39 is 17.3 Å². The number of para-hydroxylation sites is 1. The van der Waals surface area contributed by atoms with E-state index in [-0.39, 0.29) is 23.5 Å². The molecule has 2 heterocycles. The van der Waals surface area contributed by atoms with Crippen LogP contribution in [0, 0.1) is 17.1 Å². The third-order valence-electron chi connectivity index (χ3n) is 4.94. The number of anilines is 1. The van der Waals surface area contributed by atoms with E-state index in [1.54, 1.807) is 24.3 Å². The average Bonchev–Trinajstić information content (AvgIpc) is 3.11. The molecule has 160 valence electrons. The first-order valence-electron chi connectivity index (χ1n) is 9.82. The lowest BCUT2D eigenvalue weighted by Gasteiger charge is -2.05. The Morgan fingerprint density at radius 3 is 2.72 bits per heavy atom. The second-order valence-electron chi connectivity index (χ2n) is 7.05. The standard InChI is InChI=1S/C23H18FN5O3/c24-15-7-9-16(10-8-15)29-21(26)18(13-25)19(28-29)5-3-11-27-22(30)17-12-14-4-1-2-6-20(14)32-23(17)31/h1-2,4,6-10,12H,3,5,11,26H2,(H,27,30). The van der Waals surface area contributed by atoms with Gasteiger partial charge in [-0.15, -0.1) is 0 Å². The molecule has 9 heteroatoms. The first-order valence-corrected chi connectivity index (χ1v) is 9.82. The molecule has 0 aliphatic heterocycles. The first-order chi connectivity index (χ1) is 15.5. The van der Waals surface area contributed by atoms with Crippen molar-refractivity contribution in [1.82, 2.24) is 15.1 Å². The van der Waals surface area contributed by atoms with Crippen LogP contribution in [0.15, 0.2) is 63.8 Å². The van der Waals surface area contributed by atoms with Crippen molar-refractivity contribution in [1.29, 1.82) is 5.26 Å². The number of benzene rings is 2. The highest BCUT2D eigenvalue weighted by Gasteiger charge is 2.17. The van der Waals surface area contributed by atoms with E-state index in [1.165, 1.54) is 35.0 Å². The van der Waals surface area contributed by atoms with Gasteiger partial charge < -0.3 is 15.5 Å². The zero-order valence-corrected chi connectivity index (χ0v) is 16.8. The Labute approximate surface area is 181 Å². The molecule has 4 aromatic rings. The SMILES string of the molecule is N#Cc1c(CCCNC(=O)c2cc3ccccc3oc2=O)nn(-c2ccc(F)cc2)c1N. The average molecular weight is 431 g/mol. The molecule has 4 rings (SSSR count). The minimum absolute atomic E-state index is 0.0775. The van der Waals surface area contributed by atoms with E-state index in [2.05, 4.69) is 10.4 Å². The van der Waals surface area contributed by atoms with Crippen LogP contribution in [0.25, 0.3) is 16.7 Å². The number of nitrogens with two attached hydrogens (primary N) is 1. The maximum atomic E-state index is 13.2. The summed E-state index contributed by atoms with van der Waals surface area (Å²) in [5.41, 5.74) is 6.90. The Morgan fingerprint density at radius 2 is 1.97 bits per heavy atom. The molecular weight excluding hydrogens is 413 g/mol. The minimum atomic E-state index is -0.709. The van der Waals surface area contributed by atoms with E-state index >= 15 is 0 Å². The van der Waals surface area contributed by atoms with Gasteiger partial charge in [-0.1, -0.05) is 18.2 Å². The van der Waals surface area contributed by atoms with Crippen molar-refractivity contribution in [2.45, 2.75) is 12.8 Å². The first kappa shape index (κ1) is 20.8. The van der Waals surface area contributed by atoms with Gasteiger partial charge in [0.05, 0.1) is 11.4 Å². The lowest BCUT2D eigenvalue weighted by molar-refractivity contribution is 0.0949. The van der Waals surface area contributed by atoms with Gasteiger partial charge in [0.1, 0.15) is 34.4 Å². The Balaban J connectivity index is 1.43. The third kappa shape index (κ3) is 4.06. The summed E-state index contributed by atoms with van der Waals surface area (Å²) in [6.45, 7) is 0.249. The zero-order chi connectivity index (χ0) is 22.7. The van der Waals surface area contributed by atoms with Crippen LogP contribution in [0.1, 0.15) is 28.0 Å². The van der Waals surface area contributed by atoms with Crippen LogP contribution in [0.4, 0.5) is 10.2 Å². The highest BCUT2D eigenvalue weighted by molar-refractivity contribution is 5.96. The van der Waals surface area contributed by atoms with Gasteiger partial charge in [-0.3, -0.25) is 4.79 Å². The lowest BCUT2D eigenvalue weighted by atomic mass is 10.1. The summed E-state index contributed by atoms with van der Waals surface area (Å²) < 4.78 is 19.7. The van der Waals surface area contributed by atoms with E-state index in [9.17, 15) is 19.2 Å². The Kier molecular flexibility index (Phi) is 5.68. The number of amides is 1. The van der Waals surface area contributed by atoms with E-state index in [4.69, 9.17) is 10.2 Å². The maximum absolute atomic E-state index is 13.2. The van der Waals surface area contributed by atoms with Crippen molar-refractivity contribution in [3.8, 4) is 11.8 Å². The molecule has 0 saturated carbocycles. The van der Waals surface area contributed by atoms with Gasteiger partial charge in [0.2, 0.25) is 0 Å². The molecule has 3 N–H and O–H groups in total. The fourth-order valence-electron chi connectivity index (χ4n) is 3.33. The van der Waals surface area contributed by atoms with Crippen molar-refractivity contribution in [3.63, 3.8) is 0 Å². The summed E-state index contributed by atoms with van der Waals surface area (Å²) in [4.78, 5) is 24.5. The molecule has 0 spiro atoms. The van der Waals surface area contributed by atoms with Crippen LogP contribution in [-0.2, 0) is 6.42 Å². The number of halogens is 1. The van der Waals surface area contributed by atoms with Gasteiger partial charge >= 0.3 is 5.63 Å². The number of carbonyl (C=O) groups is 1.